The van der Waals surface area contributed by atoms with Crippen LogP contribution in [0.3, 0.4) is 0 Å². The lowest BCUT2D eigenvalue weighted by molar-refractivity contribution is 0.568. The molecule has 0 aliphatic carbocycles. The van der Waals surface area contributed by atoms with Gasteiger partial charge in [0.1, 0.15) is 12.1 Å². The normalized spacial score (nSPS) is 10.9. The van der Waals surface area contributed by atoms with Crippen molar-refractivity contribution in [3.63, 3.8) is 0 Å². The highest BCUT2D eigenvalue weighted by Crippen LogP contribution is 2.31. The molecule has 0 aliphatic heterocycles. The van der Waals surface area contributed by atoms with Gasteiger partial charge in [0.2, 0.25) is 0 Å². The van der Waals surface area contributed by atoms with E-state index in [0.29, 0.717) is 11.7 Å². The maximum absolute atomic E-state index is 5.06. The zero-order valence-electron chi connectivity index (χ0n) is 9.99. The monoisotopic (exact) mass is 295 g/mol. The Kier molecular flexibility index (Phi) is 3.47. The zero-order valence-corrected chi connectivity index (χ0v) is 11.6. The second-order valence-corrected chi connectivity index (χ2v) is 4.80. The molecule has 2 rings (SSSR count). The molecule has 0 aliphatic rings. The van der Waals surface area contributed by atoms with E-state index < -0.39 is 0 Å². The molecule has 0 saturated heterocycles. The van der Waals surface area contributed by atoms with E-state index in [-0.39, 0.29) is 0 Å². The lowest BCUT2D eigenvalue weighted by atomic mass is 10.1. The van der Waals surface area contributed by atoms with E-state index in [1.165, 1.54) is 0 Å². The Balaban J connectivity index is 2.59. The summed E-state index contributed by atoms with van der Waals surface area (Å²) in [4.78, 5) is 9.01. The molecule has 0 amide bonds. The molecule has 0 radical (unpaired) electrons. The van der Waals surface area contributed by atoms with Crippen LogP contribution < -0.4 is 5.32 Å². The third kappa shape index (κ3) is 2.34. The van der Waals surface area contributed by atoms with Gasteiger partial charge in [-0.15, -0.1) is 0 Å². The van der Waals surface area contributed by atoms with Gasteiger partial charge < -0.3 is 9.73 Å². The molecule has 0 aromatic carbocycles. The van der Waals surface area contributed by atoms with Gasteiger partial charge in [-0.1, -0.05) is 13.8 Å². The van der Waals surface area contributed by atoms with E-state index in [1.807, 2.05) is 13.1 Å². The first kappa shape index (κ1) is 12.1. The molecule has 0 saturated carbocycles. The third-order valence-electron chi connectivity index (χ3n) is 2.44. The topological polar surface area (TPSA) is 51.0 Å². The molecule has 90 valence electrons. The summed E-state index contributed by atoms with van der Waals surface area (Å²) in [7, 11) is 1.84. The molecular formula is C12H14BrN3O. The van der Waals surface area contributed by atoms with Crippen LogP contribution in [0.5, 0.6) is 0 Å². The minimum absolute atomic E-state index is 0.324. The molecule has 17 heavy (non-hydrogen) atoms. The molecule has 1 N–H and O–H groups in total. The second kappa shape index (κ2) is 4.87. The molecule has 2 heterocycles. The number of hydrogen-bond donors (Lipinski definition) is 1. The summed E-state index contributed by atoms with van der Waals surface area (Å²) in [5.41, 5.74) is 1.87. The Morgan fingerprint density at radius 3 is 2.65 bits per heavy atom. The molecule has 0 unspecified atom stereocenters. The van der Waals surface area contributed by atoms with Crippen molar-refractivity contribution in [1.29, 1.82) is 0 Å². The number of rotatable bonds is 3. The van der Waals surface area contributed by atoms with Crippen LogP contribution in [0.15, 0.2) is 27.5 Å². The van der Waals surface area contributed by atoms with Crippen molar-refractivity contribution in [2.75, 3.05) is 12.4 Å². The van der Waals surface area contributed by atoms with Crippen LogP contribution in [-0.2, 0) is 0 Å². The van der Waals surface area contributed by atoms with Gasteiger partial charge in [0.15, 0.2) is 5.82 Å². The molecule has 0 spiro atoms. The number of hydrogen-bond acceptors (Lipinski definition) is 4. The highest BCUT2D eigenvalue weighted by molar-refractivity contribution is 9.10. The number of anilines is 1. The zero-order chi connectivity index (χ0) is 12.4. The van der Waals surface area contributed by atoms with Gasteiger partial charge >= 0.3 is 0 Å². The Morgan fingerprint density at radius 1 is 1.35 bits per heavy atom. The number of nitrogens with zero attached hydrogens (tertiary/aromatic N) is 2. The largest absolute Gasteiger partial charge is 0.472 e. The molecular weight excluding hydrogens is 282 g/mol. The minimum atomic E-state index is 0.324. The van der Waals surface area contributed by atoms with Gasteiger partial charge in [0.05, 0.1) is 22.0 Å². The van der Waals surface area contributed by atoms with E-state index in [0.717, 1.165) is 21.5 Å². The van der Waals surface area contributed by atoms with E-state index >= 15 is 0 Å². The number of furan rings is 1. The average molecular weight is 296 g/mol. The van der Waals surface area contributed by atoms with Crippen LogP contribution in [0.4, 0.5) is 5.82 Å². The average Bonchev–Trinajstić information content (AvgIpc) is 2.82. The number of nitrogens with one attached hydrogen (secondary N) is 1. The predicted molar refractivity (Wildman–Crippen MR) is 71.1 cm³/mol. The highest BCUT2D eigenvalue weighted by Gasteiger charge is 2.15. The third-order valence-corrected chi connectivity index (χ3v) is 3.22. The van der Waals surface area contributed by atoms with Crippen LogP contribution in [0.25, 0.3) is 11.4 Å². The van der Waals surface area contributed by atoms with Crippen molar-refractivity contribution in [1.82, 2.24) is 9.97 Å². The van der Waals surface area contributed by atoms with Gasteiger partial charge in [-0.2, -0.15) is 0 Å². The first-order chi connectivity index (χ1) is 8.13. The summed E-state index contributed by atoms with van der Waals surface area (Å²) in [5.74, 6) is 1.79. The standard InChI is InChI=1S/C12H14BrN3O/c1-7(2)10-9(13)12(14-3)16-11(15-10)8-4-5-17-6-8/h4-7H,1-3H3,(H,14,15,16). The van der Waals surface area contributed by atoms with Crippen molar-refractivity contribution < 1.29 is 4.42 Å². The van der Waals surface area contributed by atoms with Crippen molar-refractivity contribution in [2.24, 2.45) is 0 Å². The maximum Gasteiger partial charge on any atom is 0.165 e. The Hall–Kier alpha value is -1.36. The van der Waals surface area contributed by atoms with Crippen LogP contribution in [0.1, 0.15) is 25.5 Å². The number of halogens is 1. The summed E-state index contributed by atoms with van der Waals surface area (Å²) < 4.78 is 5.98. The van der Waals surface area contributed by atoms with Crippen LogP contribution in [-0.4, -0.2) is 17.0 Å². The molecule has 4 nitrogen and oxygen atoms in total. The lowest BCUT2D eigenvalue weighted by Gasteiger charge is -2.12. The fourth-order valence-corrected chi connectivity index (χ4v) is 2.37. The van der Waals surface area contributed by atoms with E-state index in [9.17, 15) is 0 Å². The van der Waals surface area contributed by atoms with E-state index in [4.69, 9.17) is 4.42 Å². The van der Waals surface area contributed by atoms with Gasteiger partial charge in [-0.3, -0.25) is 0 Å². The Morgan fingerprint density at radius 2 is 2.12 bits per heavy atom. The van der Waals surface area contributed by atoms with Gasteiger partial charge in [-0.05, 0) is 27.9 Å². The van der Waals surface area contributed by atoms with Gasteiger partial charge in [-0.25, -0.2) is 9.97 Å². The lowest BCUT2D eigenvalue weighted by Crippen LogP contribution is -2.04. The van der Waals surface area contributed by atoms with Crippen molar-refractivity contribution in [3.8, 4) is 11.4 Å². The summed E-state index contributed by atoms with van der Waals surface area (Å²) >= 11 is 3.53. The molecule has 0 bridgehead atoms. The highest BCUT2D eigenvalue weighted by atomic mass is 79.9. The summed E-state index contributed by atoms with van der Waals surface area (Å²) in [6, 6.07) is 1.85. The summed E-state index contributed by atoms with van der Waals surface area (Å²) in [6.07, 6.45) is 3.27. The van der Waals surface area contributed by atoms with Crippen molar-refractivity contribution >= 4 is 21.7 Å². The van der Waals surface area contributed by atoms with Gasteiger partial charge in [0.25, 0.3) is 0 Å². The molecule has 0 fully saturated rings. The first-order valence-electron chi connectivity index (χ1n) is 5.41. The van der Waals surface area contributed by atoms with Crippen LogP contribution in [0.2, 0.25) is 0 Å². The van der Waals surface area contributed by atoms with Gasteiger partial charge in [0, 0.05) is 7.05 Å². The van der Waals surface area contributed by atoms with E-state index in [2.05, 4.69) is 45.1 Å². The smallest absolute Gasteiger partial charge is 0.165 e. The SMILES string of the molecule is CNc1nc(-c2ccoc2)nc(C(C)C)c1Br. The fraction of sp³-hybridized carbons (Fsp3) is 0.333. The van der Waals surface area contributed by atoms with Crippen molar-refractivity contribution in [2.45, 2.75) is 19.8 Å². The van der Waals surface area contributed by atoms with Crippen LogP contribution in [0, 0.1) is 0 Å². The summed E-state index contributed by atoms with van der Waals surface area (Å²) in [5, 5.41) is 3.06. The van der Waals surface area contributed by atoms with E-state index in [1.54, 1.807) is 12.5 Å². The molecule has 2 aromatic heterocycles. The Labute approximate surface area is 109 Å². The quantitative estimate of drug-likeness (QED) is 0.939. The Bertz CT molecular complexity index is 509. The van der Waals surface area contributed by atoms with Crippen LogP contribution >= 0.6 is 15.9 Å². The molecule has 5 heteroatoms. The molecule has 0 atom stereocenters. The predicted octanol–water partition coefficient (Wildman–Crippen LogP) is 3.66. The molecule has 2 aromatic rings. The minimum Gasteiger partial charge on any atom is -0.472 e. The summed E-state index contributed by atoms with van der Waals surface area (Å²) in [6.45, 7) is 4.21. The first-order valence-corrected chi connectivity index (χ1v) is 6.20. The maximum atomic E-state index is 5.06. The second-order valence-electron chi connectivity index (χ2n) is 4.01. The fourth-order valence-electron chi connectivity index (χ4n) is 1.53. The van der Waals surface area contributed by atoms with Crippen molar-refractivity contribution in [3.05, 3.63) is 28.8 Å². The number of aromatic nitrogens is 2.